The monoisotopic (exact) mass is 492 g/mol. The summed E-state index contributed by atoms with van der Waals surface area (Å²) >= 11 is 1.19. The lowest BCUT2D eigenvalue weighted by molar-refractivity contribution is 0.313. The maximum absolute atomic E-state index is 13.3. The van der Waals surface area contributed by atoms with Gasteiger partial charge in [-0.15, -0.1) is 11.3 Å². The first-order valence-electron chi connectivity index (χ1n) is 10.2. The third-order valence-corrected chi connectivity index (χ3v) is 7.50. The van der Waals surface area contributed by atoms with Crippen molar-refractivity contribution in [2.45, 2.75) is 4.90 Å². The highest BCUT2D eigenvalue weighted by Gasteiger charge is 2.25. The minimum atomic E-state index is -3.83. The van der Waals surface area contributed by atoms with Crippen LogP contribution in [0.5, 0.6) is 5.75 Å². The van der Waals surface area contributed by atoms with Crippen molar-refractivity contribution in [1.29, 1.82) is 5.26 Å². The predicted octanol–water partition coefficient (Wildman–Crippen LogP) is 5.15. The maximum Gasteiger partial charge on any atom is 0.263 e. The number of hydrogen-bond donors (Lipinski definition) is 1. The van der Waals surface area contributed by atoms with Gasteiger partial charge in [-0.05, 0) is 47.5 Å². The number of nitrogens with zero attached hydrogens (tertiary/aromatic N) is 3. The Hall–Kier alpha value is -3.94. The second-order valence-electron chi connectivity index (χ2n) is 7.42. The molecule has 0 amide bonds. The van der Waals surface area contributed by atoms with Crippen LogP contribution in [0.15, 0.2) is 77.1 Å². The number of ether oxygens (including phenoxy) is 1. The van der Waals surface area contributed by atoms with E-state index in [1.54, 1.807) is 29.6 Å². The van der Waals surface area contributed by atoms with E-state index in [-0.39, 0.29) is 15.8 Å². The molecule has 1 aromatic heterocycles. The summed E-state index contributed by atoms with van der Waals surface area (Å²) in [6.45, 7) is 0.808. The third kappa shape index (κ3) is 4.19. The number of halogens is 1. The van der Waals surface area contributed by atoms with E-state index in [9.17, 15) is 18.1 Å². The lowest BCUT2D eigenvalue weighted by atomic mass is 10.0. The van der Waals surface area contributed by atoms with Gasteiger partial charge in [0, 0.05) is 17.6 Å². The summed E-state index contributed by atoms with van der Waals surface area (Å²) in [5.41, 5.74) is 3.37. The zero-order valence-electron chi connectivity index (χ0n) is 17.6. The highest BCUT2D eigenvalue weighted by molar-refractivity contribution is 7.93. The van der Waals surface area contributed by atoms with Crippen LogP contribution in [0.2, 0.25) is 0 Å². The van der Waals surface area contributed by atoms with Crippen molar-refractivity contribution in [2.75, 3.05) is 22.8 Å². The topological polar surface area (TPSA) is 95.3 Å². The Morgan fingerprint density at radius 1 is 1.06 bits per heavy atom. The van der Waals surface area contributed by atoms with Crippen molar-refractivity contribution >= 4 is 37.9 Å². The number of thiazole rings is 1. The normalized spacial score (nSPS) is 13.0. The van der Waals surface area contributed by atoms with Crippen LogP contribution in [0.1, 0.15) is 5.56 Å². The molecule has 170 valence electrons. The molecule has 0 atom stereocenters. The third-order valence-electron chi connectivity index (χ3n) is 5.34. The fourth-order valence-corrected chi connectivity index (χ4v) is 5.55. The van der Waals surface area contributed by atoms with E-state index in [1.807, 2.05) is 17.0 Å². The van der Waals surface area contributed by atoms with Crippen molar-refractivity contribution in [3.63, 3.8) is 0 Å². The molecule has 1 N–H and O–H groups in total. The number of aromatic nitrogens is 1. The molecule has 3 aromatic carbocycles. The van der Waals surface area contributed by atoms with E-state index in [1.165, 1.54) is 41.8 Å². The molecule has 7 nitrogen and oxygen atoms in total. The van der Waals surface area contributed by atoms with Crippen LogP contribution in [0.4, 0.5) is 20.9 Å². The Kier molecular flexibility index (Phi) is 5.65. The molecule has 34 heavy (non-hydrogen) atoms. The molecule has 0 saturated carbocycles. The molecule has 0 radical (unpaired) electrons. The average Bonchev–Trinajstić information content (AvgIpc) is 3.36. The smallest absolute Gasteiger partial charge is 0.263 e. The zero-order valence-corrected chi connectivity index (χ0v) is 19.2. The minimum absolute atomic E-state index is 0.0514. The van der Waals surface area contributed by atoms with Gasteiger partial charge in [0.25, 0.3) is 10.0 Å². The van der Waals surface area contributed by atoms with Crippen LogP contribution in [-0.2, 0) is 10.0 Å². The molecule has 10 heteroatoms. The summed E-state index contributed by atoms with van der Waals surface area (Å²) in [4.78, 5) is 5.94. The van der Waals surface area contributed by atoms with Crippen LogP contribution >= 0.6 is 11.3 Å². The molecule has 0 fully saturated rings. The van der Waals surface area contributed by atoms with Crippen LogP contribution in [0.3, 0.4) is 0 Å². The SMILES string of the molecule is N#Cc1cc(-c2ccc(F)cc2)ccc1N1CCOc2cc(S(=O)(=O)Nc3nccs3)ccc21. The summed E-state index contributed by atoms with van der Waals surface area (Å²) in [6, 6.07) is 18.4. The number of sulfonamides is 1. The minimum Gasteiger partial charge on any atom is -0.489 e. The second-order valence-corrected chi connectivity index (χ2v) is 10.00. The number of rotatable bonds is 5. The number of hydrogen-bond acceptors (Lipinski definition) is 7. The number of fused-ring (bicyclic) bond motifs is 1. The fourth-order valence-electron chi connectivity index (χ4n) is 3.75. The molecule has 0 saturated heterocycles. The van der Waals surface area contributed by atoms with Gasteiger partial charge in [-0.1, -0.05) is 18.2 Å². The van der Waals surface area contributed by atoms with Crippen LogP contribution in [0, 0.1) is 17.1 Å². The molecule has 0 aliphatic carbocycles. The Labute approximate surface area is 199 Å². The molecule has 4 aromatic rings. The number of nitrogens with one attached hydrogen (secondary N) is 1. The highest BCUT2D eigenvalue weighted by Crippen LogP contribution is 2.40. The maximum atomic E-state index is 13.3. The molecule has 5 rings (SSSR count). The largest absolute Gasteiger partial charge is 0.489 e. The standard InChI is InChI=1S/C24H17FN4O3S2/c25-19-4-1-16(2-5-19)17-3-7-21(18(13-17)15-26)29-10-11-32-23-14-20(6-8-22(23)29)34(30,31)28-24-27-9-12-33-24/h1-9,12-14H,10-11H2,(H,27,28). The van der Waals surface area contributed by atoms with E-state index >= 15 is 0 Å². The zero-order chi connectivity index (χ0) is 23.7. The second kappa shape index (κ2) is 8.78. The Bertz CT molecular complexity index is 1500. The summed E-state index contributed by atoms with van der Waals surface area (Å²) in [6.07, 6.45) is 1.52. The van der Waals surface area contributed by atoms with Gasteiger partial charge in [-0.2, -0.15) is 5.26 Å². The Morgan fingerprint density at radius 2 is 1.82 bits per heavy atom. The fraction of sp³-hybridized carbons (Fsp3) is 0.0833. The van der Waals surface area contributed by atoms with Gasteiger partial charge in [0.2, 0.25) is 0 Å². The van der Waals surface area contributed by atoms with Crippen molar-refractivity contribution in [2.24, 2.45) is 0 Å². The van der Waals surface area contributed by atoms with Gasteiger partial charge in [0.05, 0.1) is 28.4 Å². The number of anilines is 3. The van der Waals surface area contributed by atoms with E-state index in [0.717, 1.165) is 11.1 Å². The predicted molar refractivity (Wildman–Crippen MR) is 128 cm³/mol. The first kappa shape index (κ1) is 21.9. The van der Waals surface area contributed by atoms with E-state index in [4.69, 9.17) is 4.74 Å². The Balaban J connectivity index is 1.49. The van der Waals surface area contributed by atoms with Crippen molar-refractivity contribution < 1.29 is 17.5 Å². The molecule has 1 aliphatic rings. The van der Waals surface area contributed by atoms with Gasteiger partial charge in [0.1, 0.15) is 24.2 Å². The molecule has 0 spiro atoms. The van der Waals surface area contributed by atoms with Crippen LogP contribution < -0.4 is 14.4 Å². The van der Waals surface area contributed by atoms with Crippen LogP contribution in [0.25, 0.3) is 11.1 Å². The highest BCUT2D eigenvalue weighted by atomic mass is 32.2. The van der Waals surface area contributed by atoms with Crippen molar-refractivity contribution in [3.05, 3.63) is 83.6 Å². The van der Waals surface area contributed by atoms with Crippen molar-refractivity contribution in [3.8, 4) is 22.9 Å². The molecular formula is C24H17FN4O3S2. The molecule has 2 heterocycles. The quantitative estimate of drug-likeness (QED) is 0.414. The summed E-state index contributed by atoms with van der Waals surface area (Å²) < 4.78 is 47.0. The van der Waals surface area contributed by atoms with Gasteiger partial charge >= 0.3 is 0 Å². The summed E-state index contributed by atoms with van der Waals surface area (Å²) in [5, 5.41) is 11.8. The van der Waals surface area contributed by atoms with Crippen molar-refractivity contribution in [1.82, 2.24) is 4.98 Å². The van der Waals surface area contributed by atoms with Gasteiger partial charge in [0.15, 0.2) is 5.13 Å². The Morgan fingerprint density at radius 3 is 2.56 bits per heavy atom. The lowest BCUT2D eigenvalue weighted by Gasteiger charge is -2.32. The van der Waals surface area contributed by atoms with Gasteiger partial charge < -0.3 is 9.64 Å². The summed E-state index contributed by atoms with van der Waals surface area (Å²) in [7, 11) is -3.83. The summed E-state index contributed by atoms with van der Waals surface area (Å²) in [5.74, 6) is 0.0776. The first-order chi connectivity index (χ1) is 16.4. The number of benzene rings is 3. The lowest BCUT2D eigenvalue weighted by Crippen LogP contribution is -2.29. The molecule has 0 unspecified atom stereocenters. The van der Waals surface area contributed by atoms with E-state index in [0.29, 0.717) is 35.8 Å². The molecular weight excluding hydrogens is 475 g/mol. The first-order valence-corrected chi connectivity index (χ1v) is 12.6. The molecule has 1 aliphatic heterocycles. The number of nitriles is 1. The van der Waals surface area contributed by atoms with E-state index < -0.39 is 10.0 Å². The van der Waals surface area contributed by atoms with Crippen LogP contribution in [-0.4, -0.2) is 26.6 Å². The average molecular weight is 493 g/mol. The van der Waals surface area contributed by atoms with Gasteiger partial charge in [-0.25, -0.2) is 17.8 Å². The van der Waals surface area contributed by atoms with E-state index in [2.05, 4.69) is 15.8 Å². The molecule has 0 bridgehead atoms. The van der Waals surface area contributed by atoms with Gasteiger partial charge in [-0.3, -0.25) is 4.72 Å².